The zero-order valence-electron chi connectivity index (χ0n) is 9.36. The van der Waals surface area contributed by atoms with Crippen molar-refractivity contribution in [3.63, 3.8) is 0 Å². The molecule has 0 aromatic heterocycles. The van der Waals surface area contributed by atoms with Crippen LogP contribution in [0.1, 0.15) is 12.5 Å². The Morgan fingerprint density at radius 2 is 2.25 bits per heavy atom. The van der Waals surface area contributed by atoms with E-state index in [0.29, 0.717) is 23.2 Å². The van der Waals surface area contributed by atoms with E-state index in [0.717, 1.165) is 18.7 Å². The molecule has 1 saturated heterocycles. The SMILES string of the molecule is CC1CN(Cc2cc(Cl)ccc2O)CC1N. The highest BCUT2D eigenvalue weighted by Gasteiger charge is 2.26. The molecule has 0 amide bonds. The third-order valence-corrected chi connectivity index (χ3v) is 3.42. The van der Waals surface area contributed by atoms with E-state index in [4.69, 9.17) is 17.3 Å². The van der Waals surface area contributed by atoms with Gasteiger partial charge in [-0.1, -0.05) is 18.5 Å². The normalized spacial score (nSPS) is 26.2. The lowest BCUT2D eigenvalue weighted by molar-refractivity contribution is 0.312. The lowest BCUT2D eigenvalue weighted by Gasteiger charge is -2.16. The molecule has 1 aromatic carbocycles. The molecule has 3 N–H and O–H groups in total. The quantitative estimate of drug-likeness (QED) is 0.829. The highest BCUT2D eigenvalue weighted by atomic mass is 35.5. The number of hydrogen-bond acceptors (Lipinski definition) is 3. The molecule has 4 heteroatoms. The number of hydrogen-bond donors (Lipinski definition) is 2. The maximum atomic E-state index is 9.71. The fourth-order valence-corrected chi connectivity index (χ4v) is 2.34. The van der Waals surface area contributed by atoms with Crippen LogP contribution < -0.4 is 5.73 Å². The Balaban J connectivity index is 2.07. The van der Waals surface area contributed by atoms with Gasteiger partial charge in [-0.25, -0.2) is 0 Å². The Kier molecular flexibility index (Phi) is 3.38. The summed E-state index contributed by atoms with van der Waals surface area (Å²) in [5, 5.41) is 10.4. The molecule has 0 saturated carbocycles. The second-order valence-corrected chi connectivity index (χ2v) is 5.04. The molecular formula is C12H17ClN2O. The van der Waals surface area contributed by atoms with Gasteiger partial charge in [0.25, 0.3) is 0 Å². The van der Waals surface area contributed by atoms with Gasteiger partial charge in [-0.15, -0.1) is 0 Å². The Morgan fingerprint density at radius 1 is 1.50 bits per heavy atom. The summed E-state index contributed by atoms with van der Waals surface area (Å²) < 4.78 is 0. The Hall–Kier alpha value is -0.770. The third kappa shape index (κ3) is 2.48. The summed E-state index contributed by atoms with van der Waals surface area (Å²) in [4.78, 5) is 2.25. The molecule has 0 bridgehead atoms. The highest BCUT2D eigenvalue weighted by molar-refractivity contribution is 6.30. The van der Waals surface area contributed by atoms with Crippen molar-refractivity contribution < 1.29 is 5.11 Å². The van der Waals surface area contributed by atoms with Crippen LogP contribution >= 0.6 is 11.6 Å². The minimum atomic E-state index is 0.237. The van der Waals surface area contributed by atoms with Crippen molar-refractivity contribution in [2.45, 2.75) is 19.5 Å². The van der Waals surface area contributed by atoms with E-state index in [1.165, 1.54) is 0 Å². The van der Waals surface area contributed by atoms with Crippen LogP contribution in [-0.2, 0) is 6.54 Å². The van der Waals surface area contributed by atoms with Gasteiger partial charge in [-0.3, -0.25) is 4.90 Å². The van der Waals surface area contributed by atoms with Gasteiger partial charge in [0.05, 0.1) is 0 Å². The van der Waals surface area contributed by atoms with Crippen molar-refractivity contribution in [1.82, 2.24) is 4.90 Å². The zero-order valence-corrected chi connectivity index (χ0v) is 10.1. The van der Waals surface area contributed by atoms with Crippen LogP contribution in [0.3, 0.4) is 0 Å². The minimum Gasteiger partial charge on any atom is -0.508 e. The lowest BCUT2D eigenvalue weighted by Crippen LogP contribution is -2.28. The number of aromatic hydroxyl groups is 1. The first-order valence-corrected chi connectivity index (χ1v) is 5.89. The minimum absolute atomic E-state index is 0.237. The van der Waals surface area contributed by atoms with Gasteiger partial charge >= 0.3 is 0 Å². The smallest absolute Gasteiger partial charge is 0.120 e. The summed E-state index contributed by atoms with van der Waals surface area (Å²) in [5.41, 5.74) is 6.83. The molecule has 2 rings (SSSR count). The van der Waals surface area contributed by atoms with Crippen molar-refractivity contribution in [2.24, 2.45) is 11.7 Å². The van der Waals surface area contributed by atoms with Gasteiger partial charge in [0.1, 0.15) is 5.75 Å². The third-order valence-electron chi connectivity index (χ3n) is 3.18. The fraction of sp³-hybridized carbons (Fsp3) is 0.500. The molecule has 0 radical (unpaired) electrons. The molecule has 1 heterocycles. The van der Waals surface area contributed by atoms with Crippen molar-refractivity contribution >= 4 is 11.6 Å². The summed E-state index contributed by atoms with van der Waals surface area (Å²) >= 11 is 5.91. The maximum absolute atomic E-state index is 9.71. The predicted molar refractivity (Wildman–Crippen MR) is 65.5 cm³/mol. The zero-order chi connectivity index (χ0) is 11.7. The van der Waals surface area contributed by atoms with E-state index in [2.05, 4.69) is 11.8 Å². The van der Waals surface area contributed by atoms with Crippen molar-refractivity contribution in [2.75, 3.05) is 13.1 Å². The van der Waals surface area contributed by atoms with Crippen molar-refractivity contribution in [1.29, 1.82) is 0 Å². The first kappa shape index (κ1) is 11.7. The summed E-state index contributed by atoms with van der Waals surface area (Å²) in [5.74, 6) is 0.818. The molecule has 2 unspecified atom stereocenters. The van der Waals surface area contributed by atoms with Crippen LogP contribution in [0, 0.1) is 5.92 Å². The van der Waals surface area contributed by atoms with Crippen molar-refractivity contribution in [3.8, 4) is 5.75 Å². The number of phenolic OH excluding ortho intramolecular Hbond substituents is 1. The fourth-order valence-electron chi connectivity index (χ4n) is 2.15. The Bertz CT molecular complexity index is 373. The maximum Gasteiger partial charge on any atom is 0.120 e. The van der Waals surface area contributed by atoms with E-state index in [1.807, 2.05) is 6.07 Å². The van der Waals surface area contributed by atoms with Crippen LogP contribution in [0.5, 0.6) is 5.75 Å². The van der Waals surface area contributed by atoms with Crippen LogP contribution in [0.25, 0.3) is 0 Å². The number of rotatable bonds is 2. The molecule has 2 atom stereocenters. The average molecular weight is 241 g/mol. The summed E-state index contributed by atoms with van der Waals surface area (Å²) in [6, 6.07) is 5.38. The van der Waals surface area contributed by atoms with Crippen LogP contribution in [0.2, 0.25) is 5.02 Å². The Labute approximate surface area is 101 Å². The van der Waals surface area contributed by atoms with Gasteiger partial charge in [-0.05, 0) is 24.1 Å². The summed E-state index contributed by atoms with van der Waals surface area (Å²) in [7, 11) is 0. The van der Waals surface area contributed by atoms with E-state index in [-0.39, 0.29) is 6.04 Å². The van der Waals surface area contributed by atoms with Gasteiger partial charge < -0.3 is 10.8 Å². The largest absolute Gasteiger partial charge is 0.508 e. The first-order chi connectivity index (χ1) is 7.56. The molecule has 1 aliphatic rings. The molecular weight excluding hydrogens is 224 g/mol. The molecule has 1 fully saturated rings. The van der Waals surface area contributed by atoms with Crippen LogP contribution in [-0.4, -0.2) is 29.1 Å². The van der Waals surface area contributed by atoms with Gasteiger partial charge in [-0.2, -0.15) is 0 Å². The van der Waals surface area contributed by atoms with E-state index < -0.39 is 0 Å². The molecule has 3 nitrogen and oxygen atoms in total. The Morgan fingerprint density at radius 3 is 2.88 bits per heavy atom. The molecule has 0 spiro atoms. The lowest BCUT2D eigenvalue weighted by atomic mass is 10.1. The number of benzene rings is 1. The van der Waals surface area contributed by atoms with Crippen LogP contribution in [0.4, 0.5) is 0 Å². The predicted octanol–water partition coefficient (Wildman–Crippen LogP) is 1.82. The second kappa shape index (κ2) is 4.62. The van der Waals surface area contributed by atoms with E-state index in [9.17, 15) is 5.11 Å². The van der Waals surface area contributed by atoms with E-state index >= 15 is 0 Å². The molecule has 88 valence electrons. The number of nitrogens with zero attached hydrogens (tertiary/aromatic N) is 1. The summed E-state index contributed by atoms with van der Waals surface area (Å²) in [6.45, 7) is 4.73. The topological polar surface area (TPSA) is 49.5 Å². The molecule has 1 aromatic rings. The average Bonchev–Trinajstić information content (AvgIpc) is 2.52. The second-order valence-electron chi connectivity index (χ2n) is 4.61. The number of phenols is 1. The first-order valence-electron chi connectivity index (χ1n) is 5.51. The van der Waals surface area contributed by atoms with Gasteiger partial charge in [0, 0.05) is 36.3 Å². The number of halogens is 1. The standard InChI is InChI=1S/C12H17ClN2O/c1-8-5-15(7-11(8)14)6-9-4-10(13)2-3-12(9)16/h2-4,8,11,16H,5-7,14H2,1H3. The highest BCUT2D eigenvalue weighted by Crippen LogP contribution is 2.25. The van der Waals surface area contributed by atoms with E-state index in [1.54, 1.807) is 12.1 Å². The monoisotopic (exact) mass is 240 g/mol. The molecule has 16 heavy (non-hydrogen) atoms. The summed E-state index contributed by atoms with van der Waals surface area (Å²) in [6.07, 6.45) is 0. The number of likely N-dealkylation sites (tertiary alicyclic amines) is 1. The van der Waals surface area contributed by atoms with Gasteiger partial charge in [0.2, 0.25) is 0 Å². The molecule has 0 aliphatic carbocycles. The van der Waals surface area contributed by atoms with Crippen LogP contribution in [0.15, 0.2) is 18.2 Å². The molecule has 1 aliphatic heterocycles. The van der Waals surface area contributed by atoms with Gasteiger partial charge in [0.15, 0.2) is 0 Å². The van der Waals surface area contributed by atoms with Crippen molar-refractivity contribution in [3.05, 3.63) is 28.8 Å². The number of nitrogens with two attached hydrogens (primary N) is 1.